The number of carbonyl (C=O) groups is 1. The van der Waals surface area contributed by atoms with Gasteiger partial charge in [-0.25, -0.2) is 0 Å². The molecule has 116 valence electrons. The Labute approximate surface area is 127 Å². The van der Waals surface area contributed by atoms with Crippen molar-refractivity contribution in [3.8, 4) is 0 Å². The smallest absolute Gasteiger partial charge is 0.227 e. The van der Waals surface area contributed by atoms with Gasteiger partial charge in [-0.05, 0) is 25.0 Å². The molecule has 1 heterocycles. The summed E-state index contributed by atoms with van der Waals surface area (Å²) in [6.45, 7) is 10.4. The molecular formula is C17H27N3O. The number of piperazine rings is 1. The summed E-state index contributed by atoms with van der Waals surface area (Å²) in [5.74, 6) is 0.105. The molecule has 2 N–H and O–H groups in total. The zero-order chi connectivity index (χ0) is 15.4. The monoisotopic (exact) mass is 289 g/mol. The number of aryl methyl sites for hydroxylation is 1. The summed E-state index contributed by atoms with van der Waals surface area (Å²) in [4.78, 5) is 16.7. The molecule has 0 spiro atoms. The van der Waals surface area contributed by atoms with Crippen molar-refractivity contribution in [2.24, 2.45) is 11.7 Å². The van der Waals surface area contributed by atoms with Crippen molar-refractivity contribution < 1.29 is 4.79 Å². The average molecular weight is 289 g/mol. The molecule has 2 rings (SSSR count). The molecule has 0 aromatic heterocycles. The summed E-state index contributed by atoms with van der Waals surface area (Å²) >= 11 is 0. The molecule has 4 nitrogen and oxygen atoms in total. The minimum atomic E-state index is -0.0899. The molecule has 1 saturated heterocycles. The average Bonchev–Trinajstić information content (AvgIpc) is 2.49. The van der Waals surface area contributed by atoms with E-state index in [4.69, 9.17) is 5.73 Å². The van der Waals surface area contributed by atoms with Gasteiger partial charge in [-0.2, -0.15) is 0 Å². The number of amides is 1. The molecule has 4 heteroatoms. The van der Waals surface area contributed by atoms with Gasteiger partial charge >= 0.3 is 0 Å². The van der Waals surface area contributed by atoms with Crippen LogP contribution in [0.25, 0.3) is 0 Å². The number of nitrogens with zero attached hydrogens (tertiary/aromatic N) is 2. The first kappa shape index (κ1) is 16.0. The quantitative estimate of drug-likeness (QED) is 0.916. The van der Waals surface area contributed by atoms with E-state index in [0.717, 1.165) is 32.7 Å². The third-order valence-electron chi connectivity index (χ3n) is 4.52. The molecule has 1 aromatic carbocycles. The summed E-state index contributed by atoms with van der Waals surface area (Å²) < 4.78 is 0. The van der Waals surface area contributed by atoms with Gasteiger partial charge in [0.25, 0.3) is 0 Å². The molecule has 1 fully saturated rings. The maximum atomic E-state index is 12.3. The fraction of sp³-hybridized carbons (Fsp3) is 0.588. The lowest BCUT2D eigenvalue weighted by molar-refractivity contribution is -0.137. The fourth-order valence-corrected chi connectivity index (χ4v) is 2.67. The van der Waals surface area contributed by atoms with Crippen molar-refractivity contribution in [1.82, 2.24) is 9.80 Å². The Morgan fingerprint density at radius 2 is 1.81 bits per heavy atom. The third kappa shape index (κ3) is 4.05. The number of hydrogen-bond donors (Lipinski definition) is 1. The van der Waals surface area contributed by atoms with Gasteiger partial charge in [-0.1, -0.05) is 31.2 Å². The van der Waals surface area contributed by atoms with Crippen LogP contribution < -0.4 is 5.73 Å². The van der Waals surface area contributed by atoms with Crippen LogP contribution in [0.4, 0.5) is 0 Å². The van der Waals surface area contributed by atoms with Crippen LogP contribution in [0.15, 0.2) is 24.3 Å². The highest BCUT2D eigenvalue weighted by Gasteiger charge is 2.26. The predicted octanol–water partition coefficient (Wildman–Crippen LogP) is 1.62. The molecule has 1 aliphatic rings. The number of carbonyl (C=O) groups excluding carboxylic acids is 1. The van der Waals surface area contributed by atoms with Gasteiger partial charge in [0, 0.05) is 38.8 Å². The number of nitrogens with two attached hydrogens (primary N) is 1. The van der Waals surface area contributed by atoms with Crippen LogP contribution in [0, 0.1) is 12.8 Å². The Balaban J connectivity index is 1.86. The Bertz CT molecular complexity index is 479. The minimum Gasteiger partial charge on any atom is -0.340 e. The zero-order valence-electron chi connectivity index (χ0n) is 13.4. The van der Waals surface area contributed by atoms with Gasteiger partial charge in [0.15, 0.2) is 0 Å². The first-order valence-electron chi connectivity index (χ1n) is 7.80. The molecule has 2 unspecified atom stereocenters. The van der Waals surface area contributed by atoms with E-state index in [0.29, 0.717) is 0 Å². The molecule has 21 heavy (non-hydrogen) atoms. The predicted molar refractivity (Wildman–Crippen MR) is 85.8 cm³/mol. The number of hydrogen-bond acceptors (Lipinski definition) is 3. The fourth-order valence-electron chi connectivity index (χ4n) is 2.67. The second-order valence-corrected chi connectivity index (χ2v) is 6.18. The van der Waals surface area contributed by atoms with Crippen molar-refractivity contribution >= 4 is 5.91 Å². The standard InChI is InChI=1S/C17H27N3O/c1-13-6-4-5-7-16(13)12-19-8-10-20(11-9-19)17(21)14(2)15(3)18/h4-7,14-15H,8-12,18H2,1-3H3. The van der Waals surface area contributed by atoms with Gasteiger partial charge in [0.2, 0.25) is 5.91 Å². The van der Waals surface area contributed by atoms with Crippen LogP contribution in [0.5, 0.6) is 0 Å². The molecule has 1 amide bonds. The molecular weight excluding hydrogens is 262 g/mol. The lowest BCUT2D eigenvalue weighted by Crippen LogP contribution is -2.51. The van der Waals surface area contributed by atoms with E-state index in [9.17, 15) is 4.79 Å². The van der Waals surface area contributed by atoms with Crippen LogP contribution >= 0.6 is 0 Å². The third-order valence-corrected chi connectivity index (χ3v) is 4.52. The van der Waals surface area contributed by atoms with E-state index < -0.39 is 0 Å². The van der Waals surface area contributed by atoms with Crippen LogP contribution in [0.3, 0.4) is 0 Å². The summed E-state index contributed by atoms with van der Waals surface area (Å²) in [5, 5.41) is 0. The number of benzene rings is 1. The normalized spacial score (nSPS) is 19.3. The van der Waals surface area contributed by atoms with Crippen LogP contribution in [-0.2, 0) is 11.3 Å². The van der Waals surface area contributed by atoms with Crippen molar-refractivity contribution in [2.45, 2.75) is 33.4 Å². The van der Waals surface area contributed by atoms with E-state index in [-0.39, 0.29) is 17.9 Å². The van der Waals surface area contributed by atoms with Crippen molar-refractivity contribution in [3.05, 3.63) is 35.4 Å². The number of rotatable bonds is 4. The van der Waals surface area contributed by atoms with E-state index in [1.54, 1.807) is 0 Å². The Morgan fingerprint density at radius 1 is 1.19 bits per heavy atom. The van der Waals surface area contributed by atoms with Crippen LogP contribution in [0.1, 0.15) is 25.0 Å². The van der Waals surface area contributed by atoms with E-state index in [1.165, 1.54) is 11.1 Å². The second-order valence-electron chi connectivity index (χ2n) is 6.18. The van der Waals surface area contributed by atoms with Crippen LogP contribution in [0.2, 0.25) is 0 Å². The van der Waals surface area contributed by atoms with Gasteiger partial charge in [-0.15, -0.1) is 0 Å². The molecule has 0 saturated carbocycles. The van der Waals surface area contributed by atoms with Gasteiger partial charge in [0.1, 0.15) is 0 Å². The van der Waals surface area contributed by atoms with Gasteiger partial charge < -0.3 is 10.6 Å². The van der Waals surface area contributed by atoms with E-state index in [2.05, 4.69) is 36.1 Å². The zero-order valence-corrected chi connectivity index (χ0v) is 13.4. The maximum Gasteiger partial charge on any atom is 0.227 e. The highest BCUT2D eigenvalue weighted by molar-refractivity contribution is 5.79. The SMILES string of the molecule is Cc1ccccc1CN1CCN(C(=O)C(C)C(C)N)CC1. The minimum absolute atomic E-state index is 0.0810. The van der Waals surface area contributed by atoms with E-state index in [1.807, 2.05) is 18.7 Å². The molecule has 1 aliphatic heterocycles. The molecule has 0 radical (unpaired) electrons. The summed E-state index contributed by atoms with van der Waals surface area (Å²) in [6, 6.07) is 8.42. The van der Waals surface area contributed by atoms with Crippen molar-refractivity contribution in [1.29, 1.82) is 0 Å². The Hall–Kier alpha value is -1.39. The molecule has 0 bridgehead atoms. The molecule has 0 aliphatic carbocycles. The molecule has 1 aromatic rings. The summed E-state index contributed by atoms with van der Waals surface area (Å²) in [6.07, 6.45) is 0. The van der Waals surface area contributed by atoms with E-state index >= 15 is 0 Å². The highest BCUT2D eigenvalue weighted by atomic mass is 16.2. The molecule has 2 atom stereocenters. The Kier molecular flexibility index (Phi) is 5.37. The van der Waals surface area contributed by atoms with Gasteiger partial charge in [0.05, 0.1) is 5.92 Å². The lowest BCUT2D eigenvalue weighted by atomic mass is 10.0. The second kappa shape index (κ2) is 7.05. The van der Waals surface area contributed by atoms with Crippen LogP contribution in [-0.4, -0.2) is 47.9 Å². The first-order valence-corrected chi connectivity index (χ1v) is 7.80. The summed E-state index contributed by atoms with van der Waals surface area (Å²) in [5.41, 5.74) is 8.54. The first-order chi connectivity index (χ1) is 9.99. The van der Waals surface area contributed by atoms with Crippen molar-refractivity contribution in [3.63, 3.8) is 0 Å². The topological polar surface area (TPSA) is 49.6 Å². The summed E-state index contributed by atoms with van der Waals surface area (Å²) in [7, 11) is 0. The maximum absolute atomic E-state index is 12.3. The largest absolute Gasteiger partial charge is 0.340 e. The van der Waals surface area contributed by atoms with Gasteiger partial charge in [-0.3, -0.25) is 9.69 Å². The Morgan fingerprint density at radius 3 is 2.38 bits per heavy atom. The highest BCUT2D eigenvalue weighted by Crippen LogP contribution is 2.14. The van der Waals surface area contributed by atoms with Crippen molar-refractivity contribution in [2.75, 3.05) is 26.2 Å². The lowest BCUT2D eigenvalue weighted by Gasteiger charge is -2.36.